The van der Waals surface area contributed by atoms with Gasteiger partial charge in [0.25, 0.3) is 0 Å². The zero-order valence-electron chi connectivity index (χ0n) is 26.3. The summed E-state index contributed by atoms with van der Waals surface area (Å²) in [4.78, 5) is 0. The van der Waals surface area contributed by atoms with Crippen molar-refractivity contribution < 1.29 is 37.9 Å². The first-order chi connectivity index (χ1) is 22.7. The molecule has 46 heavy (non-hydrogen) atoms. The maximum absolute atomic E-state index is 6.14. The second-order valence-corrected chi connectivity index (χ2v) is 11.4. The topological polar surface area (TPSA) is 80.4 Å². The van der Waals surface area contributed by atoms with Crippen LogP contribution in [0.5, 0.6) is 23.0 Å². The monoisotopic (exact) mass is 626 g/mol. The molecule has 0 aliphatic carbocycles. The molecule has 0 spiro atoms. The summed E-state index contributed by atoms with van der Waals surface area (Å²) in [6.07, 6.45) is 1.35. The summed E-state index contributed by atoms with van der Waals surface area (Å²) in [7, 11) is 0. The molecule has 0 bridgehead atoms. The van der Waals surface area contributed by atoms with Gasteiger partial charge < -0.3 is 37.9 Å². The standard InChI is InChI=1S/C38H42O8/c1-28(46-36-16-8-32(9-17-36)31-6-14-35(15-7-31)43-23-21-40-25-38-27-45-38)18-19-41-33-10-2-29(3-11-33)30-4-12-34(13-5-30)42-22-20-39-24-37-26-44-37/h2-17,28,37-38H,18-27H2,1H3. The lowest BCUT2D eigenvalue weighted by atomic mass is 10.1. The lowest BCUT2D eigenvalue weighted by Crippen LogP contribution is -2.15. The van der Waals surface area contributed by atoms with Gasteiger partial charge in [0, 0.05) is 6.42 Å². The number of hydrogen-bond acceptors (Lipinski definition) is 8. The van der Waals surface area contributed by atoms with Gasteiger partial charge in [-0.25, -0.2) is 0 Å². The third kappa shape index (κ3) is 10.5. The molecule has 4 aromatic rings. The predicted molar refractivity (Wildman–Crippen MR) is 176 cm³/mol. The van der Waals surface area contributed by atoms with E-state index in [0.717, 1.165) is 64.9 Å². The van der Waals surface area contributed by atoms with Crippen LogP contribution in [0.2, 0.25) is 0 Å². The molecule has 8 heteroatoms. The average Bonchev–Trinajstić information content (AvgIpc) is 4.03. The summed E-state index contributed by atoms with van der Waals surface area (Å²) in [5.41, 5.74) is 4.49. The minimum atomic E-state index is 0.0156. The molecule has 6 rings (SSSR count). The van der Waals surface area contributed by atoms with Gasteiger partial charge in [0.1, 0.15) is 48.4 Å². The summed E-state index contributed by atoms with van der Waals surface area (Å²) >= 11 is 0. The number of benzene rings is 4. The highest BCUT2D eigenvalue weighted by Gasteiger charge is 2.22. The van der Waals surface area contributed by atoms with Crippen LogP contribution in [0.15, 0.2) is 97.1 Å². The average molecular weight is 627 g/mol. The Balaban J connectivity index is 0.869. The van der Waals surface area contributed by atoms with Crippen LogP contribution in [-0.4, -0.2) is 77.8 Å². The van der Waals surface area contributed by atoms with E-state index in [1.807, 2.05) is 48.5 Å². The minimum Gasteiger partial charge on any atom is -0.493 e. The number of ether oxygens (including phenoxy) is 8. The molecule has 2 saturated heterocycles. The van der Waals surface area contributed by atoms with Gasteiger partial charge >= 0.3 is 0 Å². The molecule has 0 aromatic heterocycles. The summed E-state index contributed by atoms with van der Waals surface area (Å²) in [6.45, 7) is 7.70. The maximum atomic E-state index is 6.14. The van der Waals surface area contributed by atoms with Gasteiger partial charge in [-0.3, -0.25) is 0 Å². The lowest BCUT2D eigenvalue weighted by molar-refractivity contribution is 0.0878. The predicted octanol–water partition coefficient (Wildman–Crippen LogP) is 6.85. The molecule has 0 saturated carbocycles. The van der Waals surface area contributed by atoms with Crippen LogP contribution in [0.25, 0.3) is 22.3 Å². The van der Waals surface area contributed by atoms with Crippen molar-refractivity contribution in [2.75, 3.05) is 59.5 Å². The first-order valence-electron chi connectivity index (χ1n) is 16.0. The maximum Gasteiger partial charge on any atom is 0.119 e. The van der Waals surface area contributed by atoms with Crippen molar-refractivity contribution in [1.29, 1.82) is 0 Å². The molecule has 0 amide bonds. The SMILES string of the molecule is CC(CCOc1ccc(-c2ccc(OCCOCC3CO3)cc2)cc1)Oc1ccc(-c2ccc(OCCOCC3CO3)cc2)cc1. The molecule has 4 aromatic carbocycles. The molecule has 2 aliphatic heterocycles. The molecule has 2 fully saturated rings. The third-order valence-corrected chi connectivity index (χ3v) is 7.62. The zero-order valence-corrected chi connectivity index (χ0v) is 26.3. The van der Waals surface area contributed by atoms with Crippen LogP contribution in [-0.2, 0) is 18.9 Å². The minimum absolute atomic E-state index is 0.0156. The first-order valence-corrected chi connectivity index (χ1v) is 16.0. The van der Waals surface area contributed by atoms with Gasteiger partial charge in [-0.1, -0.05) is 48.5 Å². The fraction of sp³-hybridized carbons (Fsp3) is 0.368. The summed E-state index contributed by atoms with van der Waals surface area (Å²) in [6, 6.07) is 32.5. The molecule has 0 N–H and O–H groups in total. The van der Waals surface area contributed by atoms with E-state index in [-0.39, 0.29) is 18.3 Å². The van der Waals surface area contributed by atoms with Gasteiger partial charge in [0.2, 0.25) is 0 Å². The fourth-order valence-corrected chi connectivity index (χ4v) is 4.79. The molecule has 0 radical (unpaired) electrons. The molecule has 2 heterocycles. The van der Waals surface area contributed by atoms with Crippen LogP contribution < -0.4 is 18.9 Å². The van der Waals surface area contributed by atoms with Crippen molar-refractivity contribution in [2.45, 2.75) is 31.7 Å². The Morgan fingerprint density at radius 3 is 1.22 bits per heavy atom. The summed E-state index contributed by atoms with van der Waals surface area (Å²) in [5.74, 6) is 3.34. The van der Waals surface area contributed by atoms with Crippen molar-refractivity contribution in [3.8, 4) is 45.3 Å². The van der Waals surface area contributed by atoms with E-state index in [2.05, 4.69) is 55.5 Å². The Labute approximate surface area is 271 Å². The van der Waals surface area contributed by atoms with Gasteiger partial charge in [0.05, 0.1) is 52.4 Å². The molecular weight excluding hydrogens is 584 g/mol. The fourth-order valence-electron chi connectivity index (χ4n) is 4.79. The number of rotatable bonds is 20. The Kier molecular flexibility index (Phi) is 11.4. The van der Waals surface area contributed by atoms with Crippen LogP contribution in [0, 0.1) is 0 Å². The van der Waals surface area contributed by atoms with Crippen molar-refractivity contribution in [1.82, 2.24) is 0 Å². The molecular formula is C38H42O8. The van der Waals surface area contributed by atoms with Gasteiger partial charge in [-0.05, 0) is 77.7 Å². The van der Waals surface area contributed by atoms with E-state index in [1.165, 1.54) is 0 Å². The quantitative estimate of drug-likeness (QED) is 0.0779. The second kappa shape index (κ2) is 16.5. The van der Waals surface area contributed by atoms with Crippen molar-refractivity contribution >= 4 is 0 Å². The lowest BCUT2D eigenvalue weighted by Gasteiger charge is -2.16. The first kappa shape index (κ1) is 31.9. The highest BCUT2D eigenvalue weighted by atomic mass is 16.6. The van der Waals surface area contributed by atoms with Crippen molar-refractivity contribution in [3.63, 3.8) is 0 Å². The normalized spacial score (nSPS) is 17.2. The van der Waals surface area contributed by atoms with Crippen molar-refractivity contribution in [3.05, 3.63) is 97.1 Å². The van der Waals surface area contributed by atoms with Crippen LogP contribution in [0.1, 0.15) is 13.3 Å². The van der Waals surface area contributed by atoms with E-state index < -0.39 is 0 Å². The number of epoxide rings is 2. The van der Waals surface area contributed by atoms with Gasteiger partial charge in [0.15, 0.2) is 0 Å². The molecule has 3 unspecified atom stereocenters. The van der Waals surface area contributed by atoms with E-state index in [1.54, 1.807) is 0 Å². The summed E-state index contributed by atoms with van der Waals surface area (Å²) in [5, 5.41) is 0. The molecule has 8 nitrogen and oxygen atoms in total. The Morgan fingerprint density at radius 2 is 0.848 bits per heavy atom. The van der Waals surface area contributed by atoms with Gasteiger partial charge in [-0.2, -0.15) is 0 Å². The highest BCUT2D eigenvalue weighted by Crippen LogP contribution is 2.27. The van der Waals surface area contributed by atoms with Crippen LogP contribution in [0.4, 0.5) is 0 Å². The van der Waals surface area contributed by atoms with Crippen molar-refractivity contribution in [2.24, 2.45) is 0 Å². The molecule has 2 aliphatic rings. The molecule has 3 atom stereocenters. The van der Waals surface area contributed by atoms with E-state index in [4.69, 9.17) is 37.9 Å². The molecule has 242 valence electrons. The highest BCUT2D eigenvalue weighted by molar-refractivity contribution is 5.65. The third-order valence-electron chi connectivity index (χ3n) is 7.62. The second-order valence-electron chi connectivity index (χ2n) is 11.4. The Hall–Kier alpha value is -4.08. The van der Waals surface area contributed by atoms with Crippen LogP contribution in [0.3, 0.4) is 0 Å². The van der Waals surface area contributed by atoms with E-state index >= 15 is 0 Å². The van der Waals surface area contributed by atoms with E-state index in [0.29, 0.717) is 46.2 Å². The van der Waals surface area contributed by atoms with Gasteiger partial charge in [-0.15, -0.1) is 0 Å². The van der Waals surface area contributed by atoms with E-state index in [9.17, 15) is 0 Å². The number of hydrogen-bond donors (Lipinski definition) is 0. The summed E-state index contributed by atoms with van der Waals surface area (Å²) < 4.78 is 45.0. The van der Waals surface area contributed by atoms with Crippen LogP contribution >= 0.6 is 0 Å². The Morgan fingerprint density at radius 1 is 0.500 bits per heavy atom. The smallest absolute Gasteiger partial charge is 0.119 e. The largest absolute Gasteiger partial charge is 0.493 e. The Bertz CT molecular complexity index is 1450. The zero-order chi connectivity index (χ0) is 31.4.